The third-order valence-electron chi connectivity index (χ3n) is 3.78. The number of anilines is 1. The molecule has 0 unspecified atom stereocenters. The van der Waals surface area contributed by atoms with E-state index in [1.807, 2.05) is 0 Å². The van der Waals surface area contributed by atoms with Gasteiger partial charge in [-0.2, -0.15) is 0 Å². The van der Waals surface area contributed by atoms with Gasteiger partial charge in [-0.1, -0.05) is 13.0 Å². The van der Waals surface area contributed by atoms with Gasteiger partial charge in [-0.25, -0.2) is 4.39 Å². The second-order valence-electron chi connectivity index (χ2n) is 5.42. The van der Waals surface area contributed by atoms with E-state index in [1.54, 1.807) is 19.1 Å². The average molecular weight is 250 g/mol. The molecule has 1 fully saturated rings. The molecular weight excluding hydrogens is 231 g/mol. The molecule has 3 N–H and O–H groups in total. The van der Waals surface area contributed by atoms with Gasteiger partial charge in [0, 0.05) is 12.2 Å². The number of amides is 1. The van der Waals surface area contributed by atoms with Gasteiger partial charge in [0.2, 0.25) is 5.91 Å². The number of carbonyl (C=O) groups is 1. The zero-order valence-corrected chi connectivity index (χ0v) is 10.8. The number of nitrogens with two attached hydrogens (primary N) is 1. The number of rotatable bonds is 3. The first kappa shape index (κ1) is 13.0. The van der Waals surface area contributed by atoms with E-state index in [2.05, 4.69) is 12.2 Å². The predicted octanol–water partition coefficient (Wildman–Crippen LogP) is 2.45. The Labute approximate surface area is 107 Å². The molecule has 1 saturated carbocycles. The molecule has 1 aromatic rings. The van der Waals surface area contributed by atoms with E-state index in [0.29, 0.717) is 23.7 Å². The van der Waals surface area contributed by atoms with E-state index >= 15 is 0 Å². The van der Waals surface area contributed by atoms with Crippen LogP contribution in [0.4, 0.5) is 10.1 Å². The Bertz CT molecular complexity index is 467. The highest BCUT2D eigenvalue weighted by Gasteiger charge is 2.47. The van der Waals surface area contributed by atoms with Crippen LogP contribution in [0.5, 0.6) is 0 Å². The zero-order chi connectivity index (χ0) is 13.3. The van der Waals surface area contributed by atoms with E-state index in [0.717, 1.165) is 12.8 Å². The van der Waals surface area contributed by atoms with Gasteiger partial charge < -0.3 is 11.1 Å². The lowest BCUT2D eigenvalue weighted by Crippen LogP contribution is -2.51. The highest BCUT2D eigenvalue weighted by atomic mass is 19.1. The second-order valence-corrected chi connectivity index (χ2v) is 5.42. The van der Waals surface area contributed by atoms with Gasteiger partial charge >= 0.3 is 0 Å². The van der Waals surface area contributed by atoms with Crippen LogP contribution in [0.1, 0.15) is 25.3 Å². The second kappa shape index (κ2) is 4.69. The SMILES string of the molecule is Cc1ccc(NC(=O)C2(CN)CC(C)C2)cc1F. The third-order valence-corrected chi connectivity index (χ3v) is 3.78. The summed E-state index contributed by atoms with van der Waals surface area (Å²) < 4.78 is 13.4. The molecule has 1 aromatic carbocycles. The Balaban J connectivity index is 2.09. The standard InChI is InChI=1S/C14H19FN2O/c1-9-6-14(7-9,8-16)13(18)17-11-4-3-10(2)12(15)5-11/h3-5,9H,6-8,16H2,1-2H3,(H,17,18). The smallest absolute Gasteiger partial charge is 0.231 e. The quantitative estimate of drug-likeness (QED) is 0.865. The summed E-state index contributed by atoms with van der Waals surface area (Å²) in [5.74, 6) is 0.136. The van der Waals surface area contributed by atoms with Crippen molar-refractivity contribution in [3.63, 3.8) is 0 Å². The fourth-order valence-corrected chi connectivity index (χ4v) is 2.65. The minimum absolute atomic E-state index is 0.0913. The van der Waals surface area contributed by atoms with Crippen molar-refractivity contribution in [3.8, 4) is 0 Å². The number of benzene rings is 1. The van der Waals surface area contributed by atoms with Gasteiger partial charge in [-0.15, -0.1) is 0 Å². The Kier molecular flexibility index (Phi) is 3.39. The first-order valence-electron chi connectivity index (χ1n) is 6.24. The topological polar surface area (TPSA) is 55.1 Å². The van der Waals surface area contributed by atoms with Crippen molar-refractivity contribution >= 4 is 11.6 Å². The van der Waals surface area contributed by atoms with Crippen LogP contribution in [-0.4, -0.2) is 12.5 Å². The van der Waals surface area contributed by atoms with Crippen molar-refractivity contribution in [2.24, 2.45) is 17.1 Å². The molecule has 18 heavy (non-hydrogen) atoms. The molecule has 0 radical (unpaired) electrons. The van der Waals surface area contributed by atoms with Crippen molar-refractivity contribution in [2.75, 3.05) is 11.9 Å². The molecule has 0 atom stereocenters. The predicted molar refractivity (Wildman–Crippen MR) is 69.7 cm³/mol. The largest absolute Gasteiger partial charge is 0.329 e. The number of halogens is 1. The molecular formula is C14H19FN2O. The Morgan fingerprint density at radius 3 is 2.72 bits per heavy atom. The Morgan fingerprint density at radius 2 is 2.22 bits per heavy atom. The third kappa shape index (κ3) is 2.25. The normalized spacial score (nSPS) is 26.6. The maximum absolute atomic E-state index is 13.4. The van der Waals surface area contributed by atoms with Crippen molar-refractivity contribution in [1.82, 2.24) is 0 Å². The van der Waals surface area contributed by atoms with Crippen LogP contribution in [0.2, 0.25) is 0 Å². The maximum atomic E-state index is 13.4. The lowest BCUT2D eigenvalue weighted by molar-refractivity contribution is -0.132. The van der Waals surface area contributed by atoms with Crippen LogP contribution in [0, 0.1) is 24.1 Å². The first-order chi connectivity index (χ1) is 8.47. The van der Waals surface area contributed by atoms with E-state index in [9.17, 15) is 9.18 Å². The minimum Gasteiger partial charge on any atom is -0.329 e. The molecule has 0 spiro atoms. The van der Waals surface area contributed by atoms with E-state index in [-0.39, 0.29) is 11.7 Å². The van der Waals surface area contributed by atoms with Gasteiger partial charge in [0.05, 0.1) is 5.41 Å². The van der Waals surface area contributed by atoms with Gasteiger partial charge in [-0.3, -0.25) is 4.79 Å². The van der Waals surface area contributed by atoms with Gasteiger partial charge in [0.1, 0.15) is 5.82 Å². The summed E-state index contributed by atoms with van der Waals surface area (Å²) in [5, 5.41) is 2.77. The average Bonchev–Trinajstić information content (AvgIpc) is 2.29. The minimum atomic E-state index is -0.458. The molecule has 0 aliphatic heterocycles. The molecule has 0 bridgehead atoms. The molecule has 3 nitrogen and oxygen atoms in total. The van der Waals surface area contributed by atoms with Crippen LogP contribution in [0.15, 0.2) is 18.2 Å². The summed E-state index contributed by atoms with van der Waals surface area (Å²) in [5.41, 5.74) is 6.31. The molecule has 1 amide bonds. The Hall–Kier alpha value is -1.42. The fourth-order valence-electron chi connectivity index (χ4n) is 2.65. The molecule has 98 valence electrons. The fraction of sp³-hybridized carbons (Fsp3) is 0.500. The first-order valence-corrected chi connectivity index (χ1v) is 6.24. The van der Waals surface area contributed by atoms with E-state index in [1.165, 1.54) is 6.07 Å². The van der Waals surface area contributed by atoms with E-state index < -0.39 is 5.41 Å². The molecule has 0 aromatic heterocycles. The molecule has 0 saturated heterocycles. The van der Waals surface area contributed by atoms with Crippen LogP contribution in [0.25, 0.3) is 0 Å². The van der Waals surface area contributed by atoms with Crippen molar-refractivity contribution in [3.05, 3.63) is 29.6 Å². The van der Waals surface area contributed by atoms with Crippen LogP contribution >= 0.6 is 0 Å². The van der Waals surface area contributed by atoms with E-state index in [4.69, 9.17) is 5.73 Å². The molecule has 4 heteroatoms. The summed E-state index contributed by atoms with van der Waals surface area (Å²) >= 11 is 0. The summed E-state index contributed by atoms with van der Waals surface area (Å²) in [4.78, 5) is 12.2. The number of aryl methyl sites for hydroxylation is 1. The molecule has 2 rings (SSSR count). The van der Waals surface area contributed by atoms with Crippen LogP contribution < -0.4 is 11.1 Å². The van der Waals surface area contributed by atoms with Gasteiger partial charge in [0.15, 0.2) is 0 Å². The Morgan fingerprint density at radius 1 is 1.56 bits per heavy atom. The monoisotopic (exact) mass is 250 g/mol. The molecule has 0 heterocycles. The van der Waals surface area contributed by atoms with Crippen molar-refractivity contribution in [1.29, 1.82) is 0 Å². The van der Waals surface area contributed by atoms with Gasteiger partial charge in [-0.05, 0) is 43.4 Å². The summed E-state index contributed by atoms with van der Waals surface area (Å²) in [6.45, 7) is 4.14. The lowest BCUT2D eigenvalue weighted by atomic mass is 9.62. The summed E-state index contributed by atoms with van der Waals surface area (Å²) in [6, 6.07) is 4.71. The van der Waals surface area contributed by atoms with Crippen LogP contribution in [0.3, 0.4) is 0 Å². The zero-order valence-electron chi connectivity index (χ0n) is 10.8. The molecule has 1 aliphatic rings. The number of hydrogen-bond acceptors (Lipinski definition) is 2. The lowest BCUT2D eigenvalue weighted by Gasteiger charge is -2.44. The number of hydrogen-bond donors (Lipinski definition) is 2. The number of nitrogens with one attached hydrogen (secondary N) is 1. The summed E-state index contributed by atoms with van der Waals surface area (Å²) in [7, 11) is 0. The van der Waals surface area contributed by atoms with Crippen molar-refractivity contribution in [2.45, 2.75) is 26.7 Å². The summed E-state index contributed by atoms with van der Waals surface area (Å²) in [6.07, 6.45) is 1.62. The molecule has 1 aliphatic carbocycles. The highest BCUT2D eigenvalue weighted by Crippen LogP contribution is 2.45. The van der Waals surface area contributed by atoms with Crippen LogP contribution in [-0.2, 0) is 4.79 Å². The van der Waals surface area contributed by atoms with Crippen molar-refractivity contribution < 1.29 is 9.18 Å². The highest BCUT2D eigenvalue weighted by molar-refractivity contribution is 5.96. The number of carbonyl (C=O) groups excluding carboxylic acids is 1. The maximum Gasteiger partial charge on any atom is 0.231 e. The van der Waals surface area contributed by atoms with Gasteiger partial charge in [0.25, 0.3) is 0 Å².